The summed E-state index contributed by atoms with van der Waals surface area (Å²) in [6.07, 6.45) is 5.84. The lowest BCUT2D eigenvalue weighted by Gasteiger charge is -2.49. The zero-order valence-electron chi connectivity index (χ0n) is 16.2. The summed E-state index contributed by atoms with van der Waals surface area (Å²) in [4.78, 5) is 2.59. The Morgan fingerprint density at radius 2 is 1.58 bits per heavy atom. The lowest BCUT2D eigenvalue weighted by Crippen LogP contribution is -2.44. The number of allylic oxidation sites excluding steroid dienone is 2. The molecule has 134 valence electrons. The molecule has 1 unspecified atom stereocenters. The highest BCUT2D eigenvalue weighted by Gasteiger charge is 2.37. The van der Waals surface area contributed by atoms with E-state index in [9.17, 15) is 0 Å². The van der Waals surface area contributed by atoms with Crippen LogP contribution in [0.4, 0.5) is 0 Å². The average Bonchev–Trinajstić information content (AvgIpc) is 2.63. The van der Waals surface area contributed by atoms with Gasteiger partial charge in [0.05, 0.1) is 6.04 Å². The molecule has 0 aromatic heterocycles. The Kier molecular flexibility index (Phi) is 5.18. The number of hydrogen-bond acceptors (Lipinski definition) is 1. The molecule has 1 nitrogen and oxygen atoms in total. The number of nitrogens with zero attached hydrogens (tertiary/aromatic N) is 1. The quantitative estimate of drug-likeness (QED) is 0.536. The summed E-state index contributed by atoms with van der Waals surface area (Å²) in [6.45, 7) is 15.0. The molecule has 1 heterocycles. The van der Waals surface area contributed by atoms with Gasteiger partial charge in [0.1, 0.15) is 0 Å². The molecule has 0 amide bonds. The van der Waals surface area contributed by atoms with E-state index in [1.807, 2.05) is 12.2 Å². The Labute approximate surface area is 158 Å². The summed E-state index contributed by atoms with van der Waals surface area (Å²) in [5, 5.41) is 0. The van der Waals surface area contributed by atoms with Crippen LogP contribution in [0.1, 0.15) is 56.3 Å². The molecule has 0 aliphatic carbocycles. The monoisotopic (exact) mass is 343 g/mol. The first kappa shape index (κ1) is 18.3. The van der Waals surface area contributed by atoms with Crippen molar-refractivity contribution in [2.45, 2.75) is 45.2 Å². The van der Waals surface area contributed by atoms with Crippen LogP contribution in [0.15, 0.2) is 79.9 Å². The van der Waals surface area contributed by atoms with E-state index < -0.39 is 0 Å². The highest BCUT2D eigenvalue weighted by atomic mass is 15.2. The van der Waals surface area contributed by atoms with Crippen LogP contribution in [0.5, 0.6) is 0 Å². The fraction of sp³-hybridized carbons (Fsp3) is 0.280. The van der Waals surface area contributed by atoms with E-state index in [0.29, 0.717) is 0 Å². The second-order valence-electron chi connectivity index (χ2n) is 7.85. The van der Waals surface area contributed by atoms with E-state index in [0.717, 1.165) is 12.8 Å². The first-order valence-corrected chi connectivity index (χ1v) is 9.38. The molecule has 1 aliphatic heterocycles. The highest BCUT2D eigenvalue weighted by molar-refractivity contribution is 5.93. The molecule has 26 heavy (non-hydrogen) atoms. The van der Waals surface area contributed by atoms with Crippen molar-refractivity contribution in [2.24, 2.45) is 0 Å². The van der Waals surface area contributed by atoms with Crippen molar-refractivity contribution in [3.05, 3.63) is 96.6 Å². The Bertz CT molecular complexity index is 821. The van der Waals surface area contributed by atoms with Gasteiger partial charge >= 0.3 is 0 Å². The first-order chi connectivity index (χ1) is 12.5. The smallest absolute Gasteiger partial charge is 0.0588 e. The van der Waals surface area contributed by atoms with Gasteiger partial charge in [-0.05, 0) is 55.9 Å². The molecular weight excluding hydrogens is 314 g/mol. The zero-order chi connectivity index (χ0) is 18.7. The van der Waals surface area contributed by atoms with Crippen LogP contribution in [0, 0.1) is 0 Å². The predicted octanol–water partition coefficient (Wildman–Crippen LogP) is 6.86. The van der Waals surface area contributed by atoms with Gasteiger partial charge in [-0.15, -0.1) is 13.2 Å². The van der Waals surface area contributed by atoms with Crippen LogP contribution in [0.25, 0.3) is 11.3 Å². The van der Waals surface area contributed by atoms with Gasteiger partial charge in [-0.1, -0.05) is 66.7 Å². The molecule has 1 heteroatoms. The van der Waals surface area contributed by atoms with Gasteiger partial charge in [0.2, 0.25) is 0 Å². The number of benzene rings is 2. The van der Waals surface area contributed by atoms with Gasteiger partial charge in [-0.25, -0.2) is 0 Å². The number of rotatable bonds is 5. The third kappa shape index (κ3) is 3.26. The number of hydrogen-bond donors (Lipinski definition) is 0. The minimum absolute atomic E-state index is 0.0151. The van der Waals surface area contributed by atoms with Gasteiger partial charge in [0, 0.05) is 11.2 Å². The van der Waals surface area contributed by atoms with Crippen molar-refractivity contribution in [3.8, 4) is 0 Å². The Balaban J connectivity index is 2.37. The van der Waals surface area contributed by atoms with Gasteiger partial charge in [0.25, 0.3) is 0 Å². The molecule has 3 rings (SSSR count). The molecule has 0 radical (unpaired) electrons. The van der Waals surface area contributed by atoms with E-state index in [2.05, 4.69) is 93.4 Å². The van der Waals surface area contributed by atoms with E-state index >= 15 is 0 Å². The molecule has 0 saturated heterocycles. The van der Waals surface area contributed by atoms with E-state index in [1.54, 1.807) is 0 Å². The molecule has 0 spiro atoms. The van der Waals surface area contributed by atoms with Crippen molar-refractivity contribution in [1.82, 2.24) is 4.90 Å². The van der Waals surface area contributed by atoms with Crippen molar-refractivity contribution in [3.63, 3.8) is 0 Å². The molecular formula is C25H29N. The molecule has 0 N–H and O–H groups in total. The van der Waals surface area contributed by atoms with Gasteiger partial charge in [-0.3, -0.25) is 0 Å². The van der Waals surface area contributed by atoms with Gasteiger partial charge in [-0.2, -0.15) is 0 Å². The first-order valence-electron chi connectivity index (χ1n) is 9.38. The summed E-state index contributed by atoms with van der Waals surface area (Å²) in [7, 11) is 0. The maximum Gasteiger partial charge on any atom is 0.0588 e. The van der Waals surface area contributed by atoms with Crippen LogP contribution in [-0.2, 0) is 0 Å². The van der Waals surface area contributed by atoms with Crippen molar-refractivity contribution in [1.29, 1.82) is 0 Å². The number of fused-ring (bicyclic) bond motifs is 1. The Morgan fingerprint density at radius 1 is 0.923 bits per heavy atom. The molecule has 1 atom stereocenters. The fourth-order valence-electron chi connectivity index (χ4n) is 4.08. The van der Waals surface area contributed by atoms with E-state index in [-0.39, 0.29) is 11.6 Å². The minimum Gasteiger partial charge on any atom is -0.359 e. The largest absolute Gasteiger partial charge is 0.359 e. The van der Waals surface area contributed by atoms with Crippen molar-refractivity contribution < 1.29 is 0 Å². The summed E-state index contributed by atoms with van der Waals surface area (Å²) in [6, 6.07) is 19.9. The molecule has 2 aromatic carbocycles. The average molecular weight is 344 g/mol. The topological polar surface area (TPSA) is 3.24 Å². The predicted molar refractivity (Wildman–Crippen MR) is 114 cm³/mol. The molecule has 0 saturated carbocycles. The van der Waals surface area contributed by atoms with Crippen LogP contribution < -0.4 is 0 Å². The lowest BCUT2D eigenvalue weighted by atomic mass is 9.81. The lowest BCUT2D eigenvalue weighted by molar-refractivity contribution is 0.158. The zero-order valence-corrected chi connectivity index (χ0v) is 16.2. The maximum absolute atomic E-state index is 4.04. The standard InChI is InChI=1S/C25H29N/c1-6-13-22-20-17-11-12-18-21(20)23(14-7-2)26(25(3,4)5)24(22)19-15-9-8-10-16-19/h6-12,15-18,23H,1-2,13-14H2,3-5H3. The summed E-state index contributed by atoms with van der Waals surface area (Å²) < 4.78 is 0. The second-order valence-corrected chi connectivity index (χ2v) is 7.85. The van der Waals surface area contributed by atoms with Crippen molar-refractivity contribution >= 4 is 11.3 Å². The Hall–Kier alpha value is -2.54. The second kappa shape index (κ2) is 7.37. The maximum atomic E-state index is 4.04. The van der Waals surface area contributed by atoms with Crippen LogP contribution >= 0.6 is 0 Å². The van der Waals surface area contributed by atoms with E-state index in [4.69, 9.17) is 0 Å². The molecule has 1 aliphatic rings. The third-order valence-corrected chi connectivity index (χ3v) is 4.99. The van der Waals surface area contributed by atoms with E-state index in [1.165, 1.54) is 28.0 Å². The van der Waals surface area contributed by atoms with Crippen LogP contribution in [-0.4, -0.2) is 10.4 Å². The van der Waals surface area contributed by atoms with Crippen molar-refractivity contribution in [2.75, 3.05) is 0 Å². The third-order valence-electron chi connectivity index (χ3n) is 4.99. The van der Waals surface area contributed by atoms with Gasteiger partial charge < -0.3 is 4.90 Å². The summed E-state index contributed by atoms with van der Waals surface area (Å²) in [5.41, 5.74) is 6.67. The Morgan fingerprint density at radius 3 is 2.19 bits per heavy atom. The van der Waals surface area contributed by atoms with Gasteiger partial charge in [0.15, 0.2) is 0 Å². The normalized spacial score (nSPS) is 17.0. The minimum atomic E-state index is -0.0151. The SMILES string of the molecule is C=CCC1=C(c2ccccc2)N(C(C)(C)C)C(CC=C)c2ccccc21. The van der Waals surface area contributed by atoms with Crippen LogP contribution in [0.3, 0.4) is 0 Å². The summed E-state index contributed by atoms with van der Waals surface area (Å²) in [5.74, 6) is 0. The molecule has 0 bridgehead atoms. The molecule has 0 fully saturated rings. The van der Waals surface area contributed by atoms with Crippen LogP contribution in [0.2, 0.25) is 0 Å². The summed E-state index contributed by atoms with van der Waals surface area (Å²) >= 11 is 0. The molecule has 2 aromatic rings. The highest BCUT2D eigenvalue weighted by Crippen LogP contribution is 2.49. The fourth-order valence-corrected chi connectivity index (χ4v) is 4.08.